The summed E-state index contributed by atoms with van der Waals surface area (Å²) in [5.74, 6) is -1.10. The quantitative estimate of drug-likeness (QED) is 0.425. The van der Waals surface area contributed by atoms with Crippen LogP contribution < -0.4 is 16.2 Å². The third kappa shape index (κ3) is 5.22. The van der Waals surface area contributed by atoms with E-state index in [0.29, 0.717) is 24.4 Å². The lowest BCUT2D eigenvalue weighted by atomic mass is 10.0. The monoisotopic (exact) mass is 490 g/mol. The minimum absolute atomic E-state index is 0.0168. The maximum Gasteiger partial charge on any atom is 0.260 e. The number of hydrogen-bond donors (Lipinski definition) is 2. The van der Waals surface area contributed by atoms with E-state index in [0.717, 1.165) is 28.3 Å². The van der Waals surface area contributed by atoms with Crippen LogP contribution in [0.5, 0.6) is 11.6 Å². The van der Waals surface area contributed by atoms with Crippen LogP contribution in [0.25, 0.3) is 5.57 Å². The third-order valence-electron chi connectivity index (χ3n) is 5.91. The van der Waals surface area contributed by atoms with Crippen molar-refractivity contribution in [2.75, 3.05) is 0 Å². The van der Waals surface area contributed by atoms with Crippen molar-refractivity contribution < 1.29 is 18.3 Å². The van der Waals surface area contributed by atoms with Gasteiger partial charge in [0.25, 0.3) is 5.91 Å². The number of aromatic nitrogens is 1. The molecule has 3 aromatic rings. The second-order valence-corrected chi connectivity index (χ2v) is 9.24. The van der Waals surface area contributed by atoms with E-state index in [9.17, 15) is 13.6 Å². The Morgan fingerprint density at radius 2 is 1.92 bits per heavy atom. The molecule has 1 aliphatic rings. The number of nitrogens with zero attached hydrogens (tertiary/aromatic N) is 2. The molecule has 6 nitrogen and oxygen atoms in total. The Balaban J connectivity index is 1.52. The normalized spacial score (nSPS) is 14.2. The van der Waals surface area contributed by atoms with Gasteiger partial charge in [-0.05, 0) is 72.9 Å². The lowest BCUT2D eigenvalue weighted by molar-refractivity contribution is 0.0764. The lowest BCUT2D eigenvalue weighted by Crippen LogP contribution is -2.23. The molecule has 36 heavy (non-hydrogen) atoms. The predicted octanol–water partition coefficient (Wildman–Crippen LogP) is 5.54. The fourth-order valence-electron chi connectivity index (χ4n) is 4.03. The number of rotatable bonds is 7. The first-order chi connectivity index (χ1) is 17.1. The van der Waals surface area contributed by atoms with Gasteiger partial charge in [-0.15, -0.1) is 0 Å². The van der Waals surface area contributed by atoms with E-state index in [1.165, 1.54) is 38.4 Å². The summed E-state index contributed by atoms with van der Waals surface area (Å²) in [7, 11) is 0. The van der Waals surface area contributed by atoms with Crippen molar-refractivity contribution in [1.82, 2.24) is 9.88 Å². The summed E-state index contributed by atoms with van der Waals surface area (Å²) in [5.41, 5.74) is 14.3. The number of carbonyl (C=O) groups is 1. The van der Waals surface area contributed by atoms with Crippen LogP contribution in [0.4, 0.5) is 8.78 Å². The number of allylic oxidation sites excluding steroid dienone is 3. The second kappa shape index (κ2) is 9.81. The summed E-state index contributed by atoms with van der Waals surface area (Å²) < 4.78 is 34.5. The Hall–Kier alpha value is -4.20. The van der Waals surface area contributed by atoms with Crippen LogP contribution in [0.1, 0.15) is 53.4 Å². The van der Waals surface area contributed by atoms with Crippen LogP contribution in [0.3, 0.4) is 0 Å². The molecule has 0 bridgehead atoms. The van der Waals surface area contributed by atoms with Crippen molar-refractivity contribution in [3.8, 4) is 11.6 Å². The first kappa shape index (κ1) is 24.9. The smallest absolute Gasteiger partial charge is 0.260 e. The van der Waals surface area contributed by atoms with Gasteiger partial charge < -0.3 is 21.1 Å². The molecule has 186 valence electrons. The highest BCUT2D eigenvalue weighted by atomic mass is 19.1. The Labute approximate surface area is 208 Å². The zero-order valence-electron chi connectivity index (χ0n) is 20.4. The molecule has 2 heterocycles. The number of hydrogen-bond acceptors (Lipinski definition) is 5. The molecule has 0 fully saturated rings. The van der Waals surface area contributed by atoms with Gasteiger partial charge in [-0.25, -0.2) is 13.8 Å². The molecule has 0 saturated carbocycles. The standard InChI is InChI=1S/C28H28F2N4O2/c1-17(32)12-21(14-31)19-6-4-18(5-7-19)15-34-16-20-10-11-33-26(25(20)27(34)35)36-24-9-8-22(13-23(24)29)28(2,3)30/h4-14H,15-16,31-32H2,1-3H3/b17-12-,21-14+. The van der Waals surface area contributed by atoms with E-state index in [1.807, 2.05) is 24.3 Å². The Kier molecular flexibility index (Phi) is 6.79. The number of pyridine rings is 1. The van der Waals surface area contributed by atoms with E-state index in [2.05, 4.69) is 4.98 Å². The van der Waals surface area contributed by atoms with Gasteiger partial charge in [0.15, 0.2) is 11.6 Å². The van der Waals surface area contributed by atoms with Gasteiger partial charge >= 0.3 is 0 Å². The Morgan fingerprint density at radius 1 is 1.19 bits per heavy atom. The van der Waals surface area contributed by atoms with E-state index < -0.39 is 11.5 Å². The van der Waals surface area contributed by atoms with E-state index in [-0.39, 0.29) is 23.1 Å². The van der Waals surface area contributed by atoms with E-state index in [1.54, 1.807) is 24.0 Å². The molecule has 1 amide bonds. The maximum absolute atomic E-state index is 14.6. The average molecular weight is 491 g/mol. The summed E-state index contributed by atoms with van der Waals surface area (Å²) in [6.07, 6.45) is 4.80. The van der Waals surface area contributed by atoms with E-state index in [4.69, 9.17) is 16.2 Å². The van der Waals surface area contributed by atoms with Gasteiger partial charge in [0.1, 0.15) is 11.2 Å². The van der Waals surface area contributed by atoms with Crippen molar-refractivity contribution in [1.29, 1.82) is 0 Å². The highest BCUT2D eigenvalue weighted by molar-refractivity contribution is 6.00. The fourth-order valence-corrected chi connectivity index (χ4v) is 4.03. The molecule has 1 aliphatic heterocycles. The molecule has 0 unspecified atom stereocenters. The molecule has 2 aromatic carbocycles. The van der Waals surface area contributed by atoms with Crippen LogP contribution in [0.15, 0.2) is 72.7 Å². The summed E-state index contributed by atoms with van der Waals surface area (Å²) in [6, 6.07) is 13.3. The molecule has 0 aliphatic carbocycles. The van der Waals surface area contributed by atoms with Crippen LogP contribution in [0, 0.1) is 5.82 Å². The second-order valence-electron chi connectivity index (χ2n) is 9.24. The zero-order chi connectivity index (χ0) is 26.0. The summed E-state index contributed by atoms with van der Waals surface area (Å²) in [6.45, 7) is 5.22. The average Bonchev–Trinajstić information content (AvgIpc) is 3.14. The minimum Gasteiger partial charge on any atom is -0.435 e. The molecule has 1 aromatic heterocycles. The molecular formula is C28H28F2N4O2. The lowest BCUT2D eigenvalue weighted by Gasteiger charge is -2.17. The first-order valence-electron chi connectivity index (χ1n) is 11.5. The molecule has 0 spiro atoms. The summed E-state index contributed by atoms with van der Waals surface area (Å²) in [5, 5.41) is 0. The van der Waals surface area contributed by atoms with Crippen LogP contribution in [0.2, 0.25) is 0 Å². The molecule has 4 rings (SSSR count). The number of benzene rings is 2. The number of fused-ring (bicyclic) bond motifs is 1. The van der Waals surface area contributed by atoms with Crippen LogP contribution in [-0.4, -0.2) is 15.8 Å². The van der Waals surface area contributed by atoms with E-state index >= 15 is 0 Å². The molecule has 0 radical (unpaired) electrons. The molecular weight excluding hydrogens is 462 g/mol. The third-order valence-corrected chi connectivity index (χ3v) is 5.91. The van der Waals surface area contributed by atoms with Gasteiger partial charge in [-0.3, -0.25) is 4.79 Å². The van der Waals surface area contributed by atoms with Crippen molar-refractivity contribution in [2.45, 2.75) is 39.5 Å². The number of halogens is 2. The number of ether oxygens (including phenoxy) is 1. The van der Waals surface area contributed by atoms with Gasteiger partial charge in [0, 0.05) is 31.2 Å². The highest BCUT2D eigenvalue weighted by Gasteiger charge is 2.32. The number of alkyl halides is 1. The van der Waals surface area contributed by atoms with Crippen molar-refractivity contribution in [3.05, 3.63) is 106 Å². The molecule has 4 N–H and O–H groups in total. The number of carbonyl (C=O) groups excluding carboxylic acids is 1. The molecule has 0 saturated heterocycles. The van der Waals surface area contributed by atoms with Crippen molar-refractivity contribution in [2.24, 2.45) is 11.5 Å². The zero-order valence-corrected chi connectivity index (χ0v) is 20.4. The number of nitrogens with two attached hydrogens (primary N) is 2. The largest absolute Gasteiger partial charge is 0.435 e. The summed E-state index contributed by atoms with van der Waals surface area (Å²) >= 11 is 0. The fraction of sp³-hybridized carbons (Fsp3) is 0.214. The Morgan fingerprint density at radius 3 is 2.53 bits per heavy atom. The van der Waals surface area contributed by atoms with Crippen LogP contribution >= 0.6 is 0 Å². The minimum atomic E-state index is -1.69. The van der Waals surface area contributed by atoms with Crippen LogP contribution in [-0.2, 0) is 18.8 Å². The van der Waals surface area contributed by atoms with Gasteiger partial charge in [0.2, 0.25) is 5.88 Å². The SMILES string of the molecule is C/C(N)=C/C(=C\N)c1ccc(CN2Cc3ccnc(Oc4ccc(C(C)(C)F)cc4F)c3C2=O)cc1. The van der Waals surface area contributed by atoms with Gasteiger partial charge in [-0.1, -0.05) is 30.3 Å². The summed E-state index contributed by atoms with van der Waals surface area (Å²) in [4.78, 5) is 19.1. The first-order valence-corrected chi connectivity index (χ1v) is 11.5. The number of amides is 1. The van der Waals surface area contributed by atoms with Gasteiger partial charge in [0.05, 0.1) is 0 Å². The Bertz CT molecular complexity index is 1350. The predicted molar refractivity (Wildman–Crippen MR) is 135 cm³/mol. The van der Waals surface area contributed by atoms with Crippen molar-refractivity contribution >= 4 is 11.5 Å². The van der Waals surface area contributed by atoms with Crippen molar-refractivity contribution in [3.63, 3.8) is 0 Å². The highest BCUT2D eigenvalue weighted by Crippen LogP contribution is 2.35. The maximum atomic E-state index is 14.6. The molecule has 0 atom stereocenters. The topological polar surface area (TPSA) is 94.5 Å². The van der Waals surface area contributed by atoms with Gasteiger partial charge in [-0.2, -0.15) is 0 Å². The molecule has 8 heteroatoms.